The molecule has 3 aromatic carbocycles. The van der Waals surface area contributed by atoms with Crippen LogP contribution in [0.3, 0.4) is 0 Å². The van der Waals surface area contributed by atoms with E-state index in [0.717, 1.165) is 0 Å². The maximum absolute atomic E-state index is 12.5. The number of hydrazone groups is 1. The molecule has 9 heteroatoms. The second-order valence-corrected chi connectivity index (χ2v) is 7.64. The van der Waals surface area contributed by atoms with Gasteiger partial charge in [0.1, 0.15) is 11.5 Å². The molecule has 8 nitrogen and oxygen atoms in total. The van der Waals surface area contributed by atoms with E-state index in [1.165, 1.54) is 6.21 Å². The fourth-order valence-electron chi connectivity index (χ4n) is 2.88. The number of carbonyl (C=O) groups excluding carboxylic acids is 2. The molecule has 0 aliphatic heterocycles. The zero-order valence-corrected chi connectivity index (χ0v) is 20.2. The molecule has 0 aromatic heterocycles. The number of amides is 1. The molecule has 0 aliphatic carbocycles. The van der Waals surface area contributed by atoms with E-state index in [1.807, 2.05) is 6.92 Å². The Morgan fingerprint density at radius 1 is 1.00 bits per heavy atom. The molecule has 0 spiro atoms. The molecule has 3 rings (SSSR count). The van der Waals surface area contributed by atoms with Crippen molar-refractivity contribution < 1.29 is 28.5 Å². The standard InChI is InChI=1S/C26H25ClN2O6/c1-4-33-24-15-18(5-14-23(24)35-26(31)19-6-10-21(32-3)11-7-19)16-28-29-25(30)17(2)34-22-12-8-20(27)9-13-22/h5-17H,4H2,1-3H3,(H,29,30)/b28-16-/t17-/m1/s1. The minimum Gasteiger partial charge on any atom is -0.497 e. The molecule has 0 radical (unpaired) electrons. The topological polar surface area (TPSA) is 95.5 Å². The van der Waals surface area contributed by atoms with Crippen molar-refractivity contribution in [2.75, 3.05) is 13.7 Å². The Hall–Kier alpha value is -4.04. The highest BCUT2D eigenvalue weighted by Crippen LogP contribution is 2.29. The average Bonchev–Trinajstić information content (AvgIpc) is 2.87. The van der Waals surface area contributed by atoms with Gasteiger partial charge in [-0.2, -0.15) is 5.10 Å². The molecule has 0 saturated heterocycles. The van der Waals surface area contributed by atoms with Gasteiger partial charge in [0.25, 0.3) is 5.91 Å². The first-order chi connectivity index (χ1) is 16.9. The minimum atomic E-state index is -0.771. The lowest BCUT2D eigenvalue weighted by Gasteiger charge is -2.13. The highest BCUT2D eigenvalue weighted by molar-refractivity contribution is 6.30. The SMILES string of the molecule is CCOc1cc(/C=N\NC(=O)[C@@H](C)Oc2ccc(Cl)cc2)ccc1OC(=O)c1ccc(OC)cc1. The highest BCUT2D eigenvalue weighted by atomic mass is 35.5. The summed E-state index contributed by atoms with van der Waals surface area (Å²) in [5, 5.41) is 4.55. The fraction of sp³-hybridized carbons (Fsp3) is 0.192. The number of methoxy groups -OCH3 is 1. The van der Waals surface area contributed by atoms with E-state index in [2.05, 4.69) is 10.5 Å². The van der Waals surface area contributed by atoms with Gasteiger partial charge in [-0.25, -0.2) is 10.2 Å². The van der Waals surface area contributed by atoms with Gasteiger partial charge < -0.3 is 18.9 Å². The summed E-state index contributed by atoms with van der Waals surface area (Å²) in [6, 6.07) is 18.2. The van der Waals surface area contributed by atoms with E-state index in [0.29, 0.717) is 40.0 Å². The molecule has 3 aromatic rings. The predicted molar refractivity (Wildman–Crippen MR) is 133 cm³/mol. The van der Waals surface area contributed by atoms with Crippen molar-refractivity contribution in [2.24, 2.45) is 5.10 Å². The highest BCUT2D eigenvalue weighted by Gasteiger charge is 2.15. The molecular weight excluding hydrogens is 472 g/mol. The number of benzene rings is 3. The molecule has 0 bridgehead atoms. The quantitative estimate of drug-likeness (QED) is 0.186. The van der Waals surface area contributed by atoms with Gasteiger partial charge in [0.15, 0.2) is 17.6 Å². The van der Waals surface area contributed by atoms with Gasteiger partial charge in [-0.3, -0.25) is 4.79 Å². The molecule has 182 valence electrons. The summed E-state index contributed by atoms with van der Waals surface area (Å²) in [6.45, 7) is 3.79. The third-order valence-corrected chi connectivity index (χ3v) is 4.93. The van der Waals surface area contributed by atoms with Gasteiger partial charge in [-0.1, -0.05) is 11.6 Å². The number of nitrogens with zero attached hydrogens (tertiary/aromatic N) is 1. The van der Waals surface area contributed by atoms with Crippen molar-refractivity contribution in [3.8, 4) is 23.0 Å². The van der Waals surface area contributed by atoms with E-state index in [1.54, 1.807) is 80.8 Å². The third-order valence-electron chi connectivity index (χ3n) is 4.68. The Kier molecular flexibility index (Phi) is 9.09. The molecule has 0 saturated carbocycles. The van der Waals surface area contributed by atoms with E-state index in [-0.39, 0.29) is 5.75 Å². The van der Waals surface area contributed by atoms with Gasteiger partial charge in [-0.05, 0) is 86.1 Å². The van der Waals surface area contributed by atoms with E-state index in [4.69, 9.17) is 30.5 Å². The Morgan fingerprint density at radius 2 is 1.69 bits per heavy atom. The Balaban J connectivity index is 1.62. The smallest absolute Gasteiger partial charge is 0.343 e. The van der Waals surface area contributed by atoms with Crippen LogP contribution in [-0.2, 0) is 4.79 Å². The van der Waals surface area contributed by atoms with Crippen molar-refractivity contribution >= 4 is 29.7 Å². The summed E-state index contributed by atoms with van der Waals surface area (Å²) in [4.78, 5) is 24.8. The minimum absolute atomic E-state index is 0.263. The molecule has 1 N–H and O–H groups in total. The van der Waals surface area contributed by atoms with Crippen LogP contribution in [0.1, 0.15) is 29.8 Å². The summed E-state index contributed by atoms with van der Waals surface area (Å²) in [6.07, 6.45) is 0.678. The molecule has 1 amide bonds. The van der Waals surface area contributed by atoms with Crippen LogP contribution in [0.25, 0.3) is 0 Å². The van der Waals surface area contributed by atoms with Gasteiger partial charge in [0.05, 0.1) is 25.5 Å². The zero-order chi connectivity index (χ0) is 25.2. The van der Waals surface area contributed by atoms with Crippen molar-refractivity contribution in [3.05, 3.63) is 82.9 Å². The number of nitrogens with one attached hydrogen (secondary N) is 1. The molecule has 35 heavy (non-hydrogen) atoms. The Bertz CT molecular complexity index is 1180. The van der Waals surface area contributed by atoms with Crippen LogP contribution in [0.4, 0.5) is 0 Å². The predicted octanol–water partition coefficient (Wildman–Crippen LogP) is 4.88. The number of carbonyl (C=O) groups is 2. The summed E-state index contributed by atoms with van der Waals surface area (Å²) >= 11 is 5.85. The molecule has 0 unspecified atom stereocenters. The number of hydrogen-bond donors (Lipinski definition) is 1. The number of esters is 1. The summed E-state index contributed by atoms with van der Waals surface area (Å²) in [5.74, 6) is 0.825. The number of hydrogen-bond acceptors (Lipinski definition) is 7. The number of rotatable bonds is 10. The number of halogens is 1. The first-order valence-electron chi connectivity index (χ1n) is 10.8. The van der Waals surface area contributed by atoms with Crippen LogP contribution in [0.5, 0.6) is 23.0 Å². The largest absolute Gasteiger partial charge is 0.497 e. The lowest BCUT2D eigenvalue weighted by atomic mass is 10.2. The van der Waals surface area contributed by atoms with E-state index in [9.17, 15) is 9.59 Å². The lowest BCUT2D eigenvalue weighted by molar-refractivity contribution is -0.127. The zero-order valence-electron chi connectivity index (χ0n) is 19.5. The van der Waals surface area contributed by atoms with Crippen molar-refractivity contribution in [1.82, 2.24) is 5.43 Å². The summed E-state index contributed by atoms with van der Waals surface area (Å²) in [5.41, 5.74) is 3.44. The van der Waals surface area contributed by atoms with Gasteiger partial charge >= 0.3 is 5.97 Å². The van der Waals surface area contributed by atoms with Gasteiger partial charge in [0, 0.05) is 5.02 Å². The molecule has 0 aliphatic rings. The van der Waals surface area contributed by atoms with E-state index >= 15 is 0 Å². The van der Waals surface area contributed by atoms with E-state index < -0.39 is 18.0 Å². The molecule has 0 fully saturated rings. The first-order valence-corrected chi connectivity index (χ1v) is 11.2. The fourth-order valence-corrected chi connectivity index (χ4v) is 3.00. The van der Waals surface area contributed by atoms with Crippen molar-refractivity contribution in [2.45, 2.75) is 20.0 Å². The van der Waals surface area contributed by atoms with Crippen LogP contribution < -0.4 is 24.4 Å². The summed E-state index contributed by atoms with van der Waals surface area (Å²) < 4.78 is 21.8. The van der Waals surface area contributed by atoms with Crippen LogP contribution in [0.2, 0.25) is 5.02 Å². The van der Waals surface area contributed by atoms with Crippen LogP contribution in [0.15, 0.2) is 71.8 Å². The average molecular weight is 497 g/mol. The van der Waals surface area contributed by atoms with Crippen molar-refractivity contribution in [1.29, 1.82) is 0 Å². The maximum atomic E-state index is 12.5. The van der Waals surface area contributed by atoms with Crippen LogP contribution >= 0.6 is 11.6 Å². The van der Waals surface area contributed by atoms with Crippen molar-refractivity contribution in [3.63, 3.8) is 0 Å². The molecule has 0 heterocycles. The summed E-state index contributed by atoms with van der Waals surface area (Å²) in [7, 11) is 1.55. The van der Waals surface area contributed by atoms with Gasteiger partial charge in [-0.15, -0.1) is 0 Å². The second kappa shape index (κ2) is 12.4. The third kappa shape index (κ3) is 7.48. The first kappa shape index (κ1) is 25.6. The van der Waals surface area contributed by atoms with Crippen LogP contribution in [0, 0.1) is 0 Å². The Morgan fingerprint density at radius 3 is 2.34 bits per heavy atom. The van der Waals surface area contributed by atoms with Crippen LogP contribution in [-0.4, -0.2) is 37.9 Å². The normalized spacial score (nSPS) is 11.5. The maximum Gasteiger partial charge on any atom is 0.343 e. The Labute approximate surface area is 208 Å². The van der Waals surface area contributed by atoms with Gasteiger partial charge in [0.2, 0.25) is 0 Å². The monoisotopic (exact) mass is 496 g/mol. The number of ether oxygens (including phenoxy) is 4. The second-order valence-electron chi connectivity index (χ2n) is 7.21. The molecular formula is C26H25ClN2O6. The molecule has 1 atom stereocenters. The lowest BCUT2D eigenvalue weighted by Crippen LogP contribution is -2.33.